The highest BCUT2D eigenvalue weighted by molar-refractivity contribution is 7.67. The van der Waals surface area contributed by atoms with Crippen LogP contribution in [0, 0.1) is 0 Å². The van der Waals surface area contributed by atoms with Gasteiger partial charge in [0.05, 0.1) is 5.30 Å². The fraction of sp³-hybridized carbons (Fsp3) is 0.182. The van der Waals surface area contributed by atoms with Gasteiger partial charge in [-0.05, 0) is 18.2 Å². The van der Waals surface area contributed by atoms with Gasteiger partial charge in [0.2, 0.25) is 7.37 Å². The Labute approximate surface area is 109 Å². The van der Waals surface area contributed by atoms with Gasteiger partial charge in [0.15, 0.2) is 0 Å². The summed E-state index contributed by atoms with van der Waals surface area (Å²) in [6.45, 7) is 1.43. The summed E-state index contributed by atoms with van der Waals surface area (Å²) in [5.74, 6) is -0.684. The summed E-state index contributed by atoms with van der Waals surface area (Å²) in [6, 6.07) is 5.00. The maximum Gasteiger partial charge on any atom is 0.266 e. The predicted octanol–water partition coefficient (Wildman–Crippen LogP) is 2.10. The number of primary amides is 1. The van der Waals surface area contributed by atoms with E-state index < -0.39 is 13.3 Å². The molecule has 0 saturated carbocycles. The minimum Gasteiger partial charge on any atom is -0.364 e. The summed E-state index contributed by atoms with van der Waals surface area (Å²) in [7, 11) is -1.80. The van der Waals surface area contributed by atoms with Gasteiger partial charge in [-0.2, -0.15) is 0 Å². The lowest BCUT2D eigenvalue weighted by molar-refractivity contribution is 0.0997. The van der Waals surface area contributed by atoms with Crippen LogP contribution in [-0.2, 0) is 9.09 Å². The molecule has 0 aliphatic carbocycles. The summed E-state index contributed by atoms with van der Waals surface area (Å²) in [6.07, 6.45) is 0. The normalized spacial score (nSPS) is 14.6. The molecule has 1 atom stereocenters. The second kappa shape index (κ2) is 4.43. The number of nitrogens with one attached hydrogen (secondary N) is 1. The smallest absolute Gasteiger partial charge is 0.266 e. The van der Waals surface area contributed by atoms with Crippen molar-refractivity contribution in [3.63, 3.8) is 0 Å². The third-order valence-electron chi connectivity index (χ3n) is 2.73. The maximum absolute atomic E-state index is 12.4. The Hall–Kier alpha value is -1.29. The molecule has 1 unspecified atom stereocenters. The number of aromatic amines is 1. The summed E-state index contributed by atoms with van der Waals surface area (Å²) in [5, 5.41) is 1.36. The third-order valence-corrected chi connectivity index (χ3v) is 4.94. The van der Waals surface area contributed by atoms with Crippen LogP contribution in [0.15, 0.2) is 18.2 Å². The van der Waals surface area contributed by atoms with Crippen LogP contribution in [0.3, 0.4) is 0 Å². The van der Waals surface area contributed by atoms with Crippen molar-refractivity contribution >= 4 is 41.1 Å². The van der Waals surface area contributed by atoms with Crippen LogP contribution in [0.1, 0.15) is 10.5 Å². The molecular formula is C11H12ClN2O3P. The Morgan fingerprint density at radius 1 is 1.50 bits per heavy atom. The highest BCUT2D eigenvalue weighted by atomic mass is 35.5. The van der Waals surface area contributed by atoms with Crippen LogP contribution in [-0.4, -0.2) is 24.7 Å². The number of carbonyl (C=O) groups excluding carboxylic acids is 1. The molecular weight excluding hydrogens is 275 g/mol. The van der Waals surface area contributed by atoms with E-state index in [0.29, 0.717) is 15.9 Å². The molecule has 96 valence electrons. The lowest BCUT2D eigenvalue weighted by atomic mass is 10.2. The largest absolute Gasteiger partial charge is 0.364 e. The number of nitrogens with two attached hydrogens (primary N) is 1. The van der Waals surface area contributed by atoms with Crippen molar-refractivity contribution in [3.05, 3.63) is 28.9 Å². The van der Waals surface area contributed by atoms with E-state index in [4.69, 9.17) is 21.9 Å². The first-order chi connectivity index (χ1) is 8.36. The average Bonchev–Trinajstić information content (AvgIpc) is 2.68. The van der Waals surface area contributed by atoms with Crippen LogP contribution in [0.5, 0.6) is 0 Å². The van der Waals surface area contributed by atoms with E-state index >= 15 is 0 Å². The fourth-order valence-electron chi connectivity index (χ4n) is 1.84. The number of hydrogen-bond acceptors (Lipinski definition) is 3. The van der Waals surface area contributed by atoms with Crippen LogP contribution in [0.25, 0.3) is 10.9 Å². The number of rotatable bonds is 3. The van der Waals surface area contributed by atoms with Crippen molar-refractivity contribution in [3.8, 4) is 0 Å². The van der Waals surface area contributed by atoms with E-state index in [2.05, 4.69) is 4.98 Å². The Balaban J connectivity index is 2.89. The van der Waals surface area contributed by atoms with E-state index in [9.17, 15) is 9.36 Å². The molecule has 0 fully saturated rings. The van der Waals surface area contributed by atoms with Crippen molar-refractivity contribution in [1.82, 2.24) is 4.98 Å². The Bertz CT molecular complexity index is 680. The van der Waals surface area contributed by atoms with E-state index in [1.165, 1.54) is 13.8 Å². The van der Waals surface area contributed by atoms with E-state index in [1.54, 1.807) is 18.2 Å². The molecule has 18 heavy (non-hydrogen) atoms. The second-order valence-electron chi connectivity index (χ2n) is 3.93. The number of benzene rings is 1. The molecule has 1 amide bonds. The lowest BCUT2D eigenvalue weighted by Crippen LogP contribution is -2.21. The summed E-state index contributed by atoms with van der Waals surface area (Å²) >= 11 is 5.91. The van der Waals surface area contributed by atoms with Crippen molar-refractivity contribution in [1.29, 1.82) is 0 Å². The molecule has 5 nitrogen and oxygen atoms in total. The Morgan fingerprint density at radius 2 is 2.17 bits per heavy atom. The molecule has 7 heteroatoms. The predicted molar refractivity (Wildman–Crippen MR) is 72.0 cm³/mol. The first-order valence-electron chi connectivity index (χ1n) is 5.11. The minimum absolute atomic E-state index is 0.0972. The number of hydrogen-bond donors (Lipinski definition) is 2. The molecule has 0 aliphatic rings. The van der Waals surface area contributed by atoms with Gasteiger partial charge in [-0.25, -0.2) is 0 Å². The summed E-state index contributed by atoms with van der Waals surface area (Å²) in [5.41, 5.74) is 6.03. The van der Waals surface area contributed by atoms with Gasteiger partial charge >= 0.3 is 0 Å². The molecule has 0 radical (unpaired) electrons. The first-order valence-corrected chi connectivity index (χ1v) is 7.56. The monoisotopic (exact) mass is 286 g/mol. The SMILES string of the molecule is COP(C)(=O)c1c(C(N)=O)[nH]c2ccc(Cl)cc12. The minimum atomic E-state index is -3.13. The van der Waals surface area contributed by atoms with Gasteiger partial charge in [0.25, 0.3) is 5.91 Å². The zero-order valence-corrected chi connectivity index (χ0v) is 11.5. The zero-order valence-electron chi connectivity index (χ0n) is 9.86. The van der Waals surface area contributed by atoms with E-state index in [1.807, 2.05) is 0 Å². The second-order valence-corrected chi connectivity index (χ2v) is 6.87. The lowest BCUT2D eigenvalue weighted by Gasteiger charge is -2.11. The molecule has 2 rings (SSSR count). The molecule has 1 aromatic carbocycles. The summed E-state index contributed by atoms with van der Waals surface area (Å²) < 4.78 is 17.4. The molecule has 3 N–H and O–H groups in total. The van der Waals surface area contributed by atoms with E-state index in [0.717, 1.165) is 0 Å². The number of fused-ring (bicyclic) bond motifs is 1. The van der Waals surface area contributed by atoms with Gasteiger partial charge in [0, 0.05) is 29.7 Å². The Morgan fingerprint density at radius 3 is 2.72 bits per heavy atom. The van der Waals surface area contributed by atoms with Gasteiger partial charge in [-0.1, -0.05) is 11.6 Å². The molecule has 0 saturated heterocycles. The van der Waals surface area contributed by atoms with Gasteiger partial charge in [-0.3, -0.25) is 9.36 Å². The van der Waals surface area contributed by atoms with Crippen molar-refractivity contribution < 1.29 is 13.9 Å². The maximum atomic E-state index is 12.4. The van der Waals surface area contributed by atoms with Gasteiger partial charge in [0.1, 0.15) is 5.69 Å². The van der Waals surface area contributed by atoms with Crippen LogP contribution in [0.4, 0.5) is 0 Å². The molecule has 2 aromatic rings. The van der Waals surface area contributed by atoms with Crippen molar-refractivity contribution in [2.45, 2.75) is 0 Å². The number of halogens is 1. The highest BCUT2D eigenvalue weighted by Gasteiger charge is 2.28. The van der Waals surface area contributed by atoms with Gasteiger partial charge < -0.3 is 15.2 Å². The van der Waals surface area contributed by atoms with Crippen LogP contribution >= 0.6 is 19.0 Å². The average molecular weight is 287 g/mol. The third kappa shape index (κ3) is 2.05. The van der Waals surface area contributed by atoms with Crippen LogP contribution in [0.2, 0.25) is 5.02 Å². The number of aromatic nitrogens is 1. The highest BCUT2D eigenvalue weighted by Crippen LogP contribution is 2.44. The molecule has 0 aliphatic heterocycles. The number of amides is 1. The van der Waals surface area contributed by atoms with Crippen molar-refractivity contribution in [2.24, 2.45) is 5.73 Å². The standard InChI is InChI=1S/C11H12ClN2O3P/c1-17-18(2,16)10-7-5-6(12)3-4-8(7)14-9(10)11(13)15/h3-5,14H,1-2H3,(H2,13,15). The molecule has 1 aromatic heterocycles. The summed E-state index contributed by atoms with van der Waals surface area (Å²) in [4.78, 5) is 14.3. The van der Waals surface area contributed by atoms with Crippen molar-refractivity contribution in [2.75, 3.05) is 13.8 Å². The fourth-order valence-corrected chi connectivity index (χ4v) is 3.39. The number of carbonyl (C=O) groups is 1. The topological polar surface area (TPSA) is 85.2 Å². The van der Waals surface area contributed by atoms with E-state index in [-0.39, 0.29) is 11.0 Å². The number of H-pyrrole nitrogens is 1. The van der Waals surface area contributed by atoms with Crippen LogP contribution < -0.4 is 11.0 Å². The quantitative estimate of drug-likeness (QED) is 0.847. The van der Waals surface area contributed by atoms with Gasteiger partial charge in [-0.15, -0.1) is 0 Å². The Kier molecular flexibility index (Phi) is 3.23. The first kappa shape index (κ1) is 13.1. The zero-order chi connectivity index (χ0) is 13.5. The molecule has 0 bridgehead atoms. The molecule has 1 heterocycles. The molecule has 0 spiro atoms.